The third kappa shape index (κ3) is 5.87. The molecule has 2 amide bonds. The van der Waals surface area contributed by atoms with Gasteiger partial charge in [-0.25, -0.2) is 4.79 Å². The highest BCUT2D eigenvalue weighted by molar-refractivity contribution is 7.10. The topological polar surface area (TPSA) is 44.4 Å². The van der Waals surface area contributed by atoms with Crippen molar-refractivity contribution in [2.24, 2.45) is 0 Å². The molecular formula is C20H29N3OS. The van der Waals surface area contributed by atoms with E-state index in [2.05, 4.69) is 60.6 Å². The Morgan fingerprint density at radius 3 is 2.40 bits per heavy atom. The lowest BCUT2D eigenvalue weighted by Crippen LogP contribution is -2.37. The third-order valence-electron chi connectivity index (χ3n) is 4.45. The van der Waals surface area contributed by atoms with Gasteiger partial charge in [-0.15, -0.1) is 11.3 Å². The van der Waals surface area contributed by atoms with Crippen LogP contribution < -0.4 is 10.6 Å². The van der Waals surface area contributed by atoms with E-state index in [0.717, 1.165) is 26.1 Å². The van der Waals surface area contributed by atoms with Gasteiger partial charge in [0.2, 0.25) is 0 Å². The van der Waals surface area contributed by atoms with Crippen LogP contribution in [0.1, 0.15) is 49.2 Å². The highest BCUT2D eigenvalue weighted by Gasteiger charge is 2.14. The van der Waals surface area contributed by atoms with Crippen LogP contribution >= 0.6 is 11.3 Å². The molecule has 1 unspecified atom stereocenters. The predicted octanol–water partition coefficient (Wildman–Crippen LogP) is 4.54. The van der Waals surface area contributed by atoms with Crippen molar-refractivity contribution in [3.8, 4) is 0 Å². The maximum absolute atomic E-state index is 12.3. The van der Waals surface area contributed by atoms with Gasteiger partial charge in [0.1, 0.15) is 0 Å². The minimum atomic E-state index is -0.113. The van der Waals surface area contributed by atoms with Gasteiger partial charge in [0, 0.05) is 18.0 Å². The van der Waals surface area contributed by atoms with Crippen molar-refractivity contribution in [1.29, 1.82) is 0 Å². The fourth-order valence-electron chi connectivity index (χ4n) is 2.82. The summed E-state index contributed by atoms with van der Waals surface area (Å²) in [7, 11) is 0. The van der Waals surface area contributed by atoms with Gasteiger partial charge in [0.25, 0.3) is 0 Å². The average Bonchev–Trinajstić information content (AvgIpc) is 3.17. The molecular weight excluding hydrogens is 330 g/mol. The number of urea groups is 1. The summed E-state index contributed by atoms with van der Waals surface area (Å²) in [6, 6.07) is 12.4. The van der Waals surface area contributed by atoms with Crippen molar-refractivity contribution in [2.45, 2.75) is 46.3 Å². The van der Waals surface area contributed by atoms with Crippen LogP contribution in [0, 0.1) is 0 Å². The second-order valence-corrected chi connectivity index (χ2v) is 7.01. The predicted molar refractivity (Wildman–Crippen MR) is 106 cm³/mol. The second kappa shape index (κ2) is 10.2. The lowest BCUT2D eigenvalue weighted by molar-refractivity contribution is 0.236. The van der Waals surface area contributed by atoms with E-state index in [9.17, 15) is 4.79 Å². The van der Waals surface area contributed by atoms with Gasteiger partial charge in [0.05, 0.1) is 6.04 Å². The standard InChI is InChI=1S/C20H29N3OS/c1-4-18(19-12-9-13-25-19)22-20(24)21-14-16-10-7-8-11-17(16)15-23(5-2)6-3/h7-13,18H,4-6,14-15H2,1-3H3,(H2,21,22,24). The summed E-state index contributed by atoms with van der Waals surface area (Å²) in [6.45, 7) is 9.95. The van der Waals surface area contributed by atoms with Gasteiger partial charge >= 0.3 is 6.03 Å². The molecule has 1 aromatic heterocycles. The van der Waals surface area contributed by atoms with Crippen molar-refractivity contribution in [3.63, 3.8) is 0 Å². The minimum Gasteiger partial charge on any atom is -0.334 e. The normalized spacial score (nSPS) is 12.2. The number of amides is 2. The number of carbonyl (C=O) groups is 1. The molecule has 136 valence electrons. The molecule has 2 aromatic rings. The Kier molecular flexibility index (Phi) is 7.95. The summed E-state index contributed by atoms with van der Waals surface area (Å²) < 4.78 is 0. The Bertz CT molecular complexity index is 638. The summed E-state index contributed by atoms with van der Waals surface area (Å²) in [5.74, 6) is 0. The number of hydrogen-bond acceptors (Lipinski definition) is 3. The van der Waals surface area contributed by atoms with Gasteiger partial charge in [-0.1, -0.05) is 51.1 Å². The largest absolute Gasteiger partial charge is 0.334 e. The molecule has 0 spiro atoms. The fraction of sp³-hybridized carbons (Fsp3) is 0.450. The Balaban J connectivity index is 1.93. The monoisotopic (exact) mass is 359 g/mol. The SMILES string of the molecule is CCC(NC(=O)NCc1ccccc1CN(CC)CC)c1cccs1. The summed E-state index contributed by atoms with van der Waals surface area (Å²) in [5.41, 5.74) is 2.45. The number of thiophene rings is 1. The molecule has 0 bridgehead atoms. The quantitative estimate of drug-likeness (QED) is 0.690. The van der Waals surface area contributed by atoms with Crippen molar-refractivity contribution in [3.05, 3.63) is 57.8 Å². The molecule has 1 atom stereocenters. The van der Waals surface area contributed by atoms with E-state index in [0.29, 0.717) is 6.54 Å². The molecule has 0 fully saturated rings. The van der Waals surface area contributed by atoms with Crippen molar-refractivity contribution in [2.75, 3.05) is 13.1 Å². The average molecular weight is 360 g/mol. The van der Waals surface area contributed by atoms with E-state index in [1.165, 1.54) is 16.0 Å². The summed E-state index contributed by atoms with van der Waals surface area (Å²) in [6.07, 6.45) is 0.881. The molecule has 0 saturated heterocycles. The van der Waals surface area contributed by atoms with Crippen LogP contribution in [-0.4, -0.2) is 24.0 Å². The first-order chi connectivity index (χ1) is 12.2. The molecule has 1 heterocycles. The molecule has 1 aromatic carbocycles. The molecule has 2 N–H and O–H groups in total. The van der Waals surface area contributed by atoms with Gasteiger partial charge in [0.15, 0.2) is 0 Å². The van der Waals surface area contributed by atoms with Crippen LogP contribution in [0.2, 0.25) is 0 Å². The van der Waals surface area contributed by atoms with E-state index < -0.39 is 0 Å². The van der Waals surface area contributed by atoms with Crippen molar-refractivity contribution in [1.82, 2.24) is 15.5 Å². The Morgan fingerprint density at radius 2 is 1.80 bits per heavy atom. The number of benzene rings is 1. The van der Waals surface area contributed by atoms with Gasteiger partial charge < -0.3 is 10.6 Å². The Labute approximate surface area is 155 Å². The number of hydrogen-bond donors (Lipinski definition) is 2. The van der Waals surface area contributed by atoms with Crippen LogP contribution in [0.4, 0.5) is 4.79 Å². The third-order valence-corrected chi connectivity index (χ3v) is 5.43. The zero-order valence-electron chi connectivity index (χ0n) is 15.4. The second-order valence-electron chi connectivity index (χ2n) is 6.03. The highest BCUT2D eigenvalue weighted by atomic mass is 32.1. The molecule has 0 saturated carbocycles. The van der Waals surface area contributed by atoms with Crippen LogP contribution in [0.5, 0.6) is 0 Å². The maximum Gasteiger partial charge on any atom is 0.315 e. The fourth-order valence-corrected chi connectivity index (χ4v) is 3.68. The molecule has 4 nitrogen and oxygen atoms in total. The van der Waals surface area contributed by atoms with E-state index >= 15 is 0 Å². The van der Waals surface area contributed by atoms with Crippen LogP contribution in [-0.2, 0) is 13.1 Å². The summed E-state index contributed by atoms with van der Waals surface area (Å²) >= 11 is 1.68. The van der Waals surface area contributed by atoms with Crippen LogP contribution in [0.15, 0.2) is 41.8 Å². The number of nitrogens with one attached hydrogen (secondary N) is 2. The van der Waals surface area contributed by atoms with Crippen LogP contribution in [0.3, 0.4) is 0 Å². The van der Waals surface area contributed by atoms with E-state index in [1.54, 1.807) is 11.3 Å². The molecule has 2 rings (SSSR count). The highest BCUT2D eigenvalue weighted by Crippen LogP contribution is 2.21. The summed E-state index contributed by atoms with van der Waals surface area (Å²) in [5, 5.41) is 8.13. The molecule has 0 aliphatic heterocycles. The molecule has 0 aliphatic rings. The lowest BCUT2D eigenvalue weighted by Gasteiger charge is -2.21. The Hall–Kier alpha value is -1.85. The van der Waals surface area contributed by atoms with Crippen molar-refractivity contribution < 1.29 is 4.79 Å². The first-order valence-corrected chi connectivity index (χ1v) is 9.92. The number of rotatable bonds is 9. The van der Waals surface area contributed by atoms with Gasteiger partial charge in [-0.05, 0) is 42.1 Å². The Morgan fingerprint density at radius 1 is 1.08 bits per heavy atom. The smallest absolute Gasteiger partial charge is 0.315 e. The molecule has 0 aliphatic carbocycles. The minimum absolute atomic E-state index is 0.0749. The first-order valence-electron chi connectivity index (χ1n) is 9.04. The molecule has 0 radical (unpaired) electrons. The van der Waals surface area contributed by atoms with Gasteiger partial charge in [-0.2, -0.15) is 0 Å². The van der Waals surface area contributed by atoms with Crippen molar-refractivity contribution >= 4 is 17.4 Å². The molecule has 5 heteroatoms. The van der Waals surface area contributed by atoms with E-state index in [4.69, 9.17) is 0 Å². The summed E-state index contributed by atoms with van der Waals surface area (Å²) in [4.78, 5) is 15.9. The number of nitrogens with zero attached hydrogens (tertiary/aromatic N) is 1. The zero-order valence-corrected chi connectivity index (χ0v) is 16.2. The number of carbonyl (C=O) groups excluding carboxylic acids is 1. The first kappa shape index (κ1) is 19.5. The zero-order chi connectivity index (χ0) is 18.1. The van der Waals surface area contributed by atoms with E-state index in [1.807, 2.05) is 17.5 Å². The lowest BCUT2D eigenvalue weighted by atomic mass is 10.1. The van der Waals surface area contributed by atoms with E-state index in [-0.39, 0.29) is 12.1 Å². The maximum atomic E-state index is 12.3. The van der Waals surface area contributed by atoms with Gasteiger partial charge in [-0.3, -0.25) is 4.90 Å². The molecule has 25 heavy (non-hydrogen) atoms. The van der Waals surface area contributed by atoms with Crippen LogP contribution in [0.25, 0.3) is 0 Å².